The van der Waals surface area contributed by atoms with Gasteiger partial charge in [0.1, 0.15) is 11.8 Å². The molecule has 2 aromatic carbocycles. The molecule has 0 aromatic heterocycles. The summed E-state index contributed by atoms with van der Waals surface area (Å²) in [4.78, 5) is 28.4. The van der Waals surface area contributed by atoms with Crippen LogP contribution in [0.15, 0.2) is 42.5 Å². The highest BCUT2D eigenvalue weighted by molar-refractivity contribution is 5.99. The summed E-state index contributed by atoms with van der Waals surface area (Å²) in [7, 11) is 1.56. The second-order valence-electron chi connectivity index (χ2n) is 6.62. The van der Waals surface area contributed by atoms with Crippen molar-refractivity contribution in [1.82, 2.24) is 9.80 Å². The van der Waals surface area contributed by atoms with Crippen LogP contribution in [0.25, 0.3) is 0 Å². The van der Waals surface area contributed by atoms with E-state index in [1.807, 2.05) is 0 Å². The zero-order valence-electron chi connectivity index (χ0n) is 14.9. The normalized spacial score (nSPS) is 16.4. The van der Waals surface area contributed by atoms with Gasteiger partial charge in [-0.1, -0.05) is 18.2 Å². The van der Waals surface area contributed by atoms with Crippen molar-refractivity contribution in [3.63, 3.8) is 0 Å². The summed E-state index contributed by atoms with van der Waals surface area (Å²) < 4.78 is 26.4. The Hall–Kier alpha value is -2.96. The van der Waals surface area contributed by atoms with Crippen molar-refractivity contribution in [2.24, 2.45) is 0 Å². The predicted octanol–water partition coefficient (Wildman–Crippen LogP) is 2.93. The topological polar surface area (TPSA) is 60.9 Å². The van der Waals surface area contributed by atoms with Gasteiger partial charge in [0.25, 0.3) is 5.91 Å². The highest BCUT2D eigenvalue weighted by Crippen LogP contribution is 2.25. The maximum absolute atomic E-state index is 13.4. The number of phenols is 1. The van der Waals surface area contributed by atoms with Crippen molar-refractivity contribution in [3.8, 4) is 5.75 Å². The van der Waals surface area contributed by atoms with E-state index in [9.17, 15) is 23.5 Å². The summed E-state index contributed by atoms with van der Waals surface area (Å²) in [6, 6.07) is 9.06. The number of hydrogen-bond donors (Lipinski definition) is 1. The number of likely N-dealkylation sites (tertiary alicyclic amines) is 1. The molecule has 1 aliphatic heterocycles. The molecule has 0 aliphatic carbocycles. The van der Waals surface area contributed by atoms with E-state index in [1.165, 1.54) is 28.0 Å². The lowest BCUT2D eigenvalue weighted by molar-refractivity contribution is -0.134. The summed E-state index contributed by atoms with van der Waals surface area (Å²) in [6.45, 7) is 0.522. The van der Waals surface area contributed by atoms with Crippen molar-refractivity contribution in [3.05, 3.63) is 65.2 Å². The number of carbonyl (C=O) groups is 2. The largest absolute Gasteiger partial charge is 0.507 e. The molecule has 7 heteroatoms. The van der Waals surface area contributed by atoms with Gasteiger partial charge >= 0.3 is 0 Å². The molecular formula is C20H20F2N2O3. The molecule has 0 spiro atoms. The highest BCUT2D eigenvalue weighted by atomic mass is 19.2. The fourth-order valence-electron chi connectivity index (χ4n) is 3.32. The maximum Gasteiger partial charge on any atom is 0.258 e. The van der Waals surface area contributed by atoms with E-state index in [4.69, 9.17) is 0 Å². The zero-order chi connectivity index (χ0) is 19.6. The number of benzene rings is 2. The van der Waals surface area contributed by atoms with Gasteiger partial charge in [-0.3, -0.25) is 9.59 Å². The van der Waals surface area contributed by atoms with Crippen LogP contribution in [0.5, 0.6) is 5.75 Å². The quantitative estimate of drug-likeness (QED) is 0.895. The first kappa shape index (κ1) is 18.8. The third kappa shape index (κ3) is 3.92. The summed E-state index contributed by atoms with van der Waals surface area (Å²) in [5.41, 5.74) is 0.613. The molecule has 0 radical (unpaired) electrons. The van der Waals surface area contributed by atoms with Gasteiger partial charge in [0.15, 0.2) is 11.6 Å². The summed E-state index contributed by atoms with van der Waals surface area (Å²) in [6.07, 6.45) is 1.19. The second-order valence-corrected chi connectivity index (χ2v) is 6.62. The van der Waals surface area contributed by atoms with E-state index >= 15 is 0 Å². The Morgan fingerprint density at radius 1 is 1.19 bits per heavy atom. The van der Waals surface area contributed by atoms with Crippen LogP contribution in [0.2, 0.25) is 0 Å². The number of carbonyl (C=O) groups excluding carboxylic acids is 2. The third-order valence-electron chi connectivity index (χ3n) is 4.71. The minimum absolute atomic E-state index is 0.102. The molecule has 0 saturated carbocycles. The van der Waals surface area contributed by atoms with Gasteiger partial charge in [0.05, 0.1) is 5.56 Å². The first-order chi connectivity index (χ1) is 12.9. The molecular weight excluding hydrogens is 354 g/mol. The van der Waals surface area contributed by atoms with Gasteiger partial charge in [-0.05, 0) is 42.7 Å². The predicted molar refractivity (Wildman–Crippen MR) is 95.0 cm³/mol. The number of rotatable bonds is 4. The molecule has 0 bridgehead atoms. The Bertz CT molecular complexity index is 872. The first-order valence-electron chi connectivity index (χ1n) is 8.66. The molecule has 1 aliphatic rings. The van der Waals surface area contributed by atoms with Crippen molar-refractivity contribution in [1.29, 1.82) is 0 Å². The maximum atomic E-state index is 13.4. The van der Waals surface area contributed by atoms with E-state index in [0.717, 1.165) is 12.1 Å². The average molecular weight is 374 g/mol. The summed E-state index contributed by atoms with van der Waals surface area (Å²) in [5, 5.41) is 9.91. The fraction of sp³-hybridized carbons (Fsp3) is 0.300. The van der Waals surface area contributed by atoms with Crippen LogP contribution in [0.3, 0.4) is 0 Å². The van der Waals surface area contributed by atoms with Crippen LogP contribution >= 0.6 is 0 Å². The van der Waals surface area contributed by atoms with Gasteiger partial charge in [-0.25, -0.2) is 8.78 Å². The van der Waals surface area contributed by atoms with Crippen molar-refractivity contribution >= 4 is 11.8 Å². The molecule has 1 atom stereocenters. The van der Waals surface area contributed by atoms with Gasteiger partial charge in [0, 0.05) is 20.1 Å². The third-order valence-corrected chi connectivity index (χ3v) is 4.71. The van der Waals surface area contributed by atoms with E-state index in [2.05, 4.69) is 0 Å². The van der Waals surface area contributed by atoms with Gasteiger partial charge in [0.2, 0.25) is 5.91 Å². The Morgan fingerprint density at radius 2 is 1.93 bits per heavy atom. The molecule has 27 heavy (non-hydrogen) atoms. The molecule has 2 aromatic rings. The molecule has 0 unspecified atom stereocenters. The Labute approximate surface area is 155 Å². The number of nitrogens with zero attached hydrogens (tertiary/aromatic N) is 2. The van der Waals surface area contributed by atoms with E-state index in [1.54, 1.807) is 19.2 Å². The van der Waals surface area contributed by atoms with Crippen LogP contribution in [-0.2, 0) is 11.3 Å². The smallest absolute Gasteiger partial charge is 0.258 e. The number of aromatic hydroxyl groups is 1. The minimum atomic E-state index is -0.967. The molecule has 1 heterocycles. The molecule has 2 amide bonds. The van der Waals surface area contributed by atoms with Crippen molar-refractivity contribution in [2.75, 3.05) is 13.6 Å². The number of amides is 2. The lowest BCUT2D eigenvalue weighted by atomic mass is 10.1. The SMILES string of the molecule is CN(Cc1ccc(F)c(F)c1)C(=O)[C@@H]1CCCN1C(=O)c1ccccc1O. The summed E-state index contributed by atoms with van der Waals surface area (Å²) >= 11 is 0. The van der Waals surface area contributed by atoms with E-state index < -0.39 is 23.6 Å². The van der Waals surface area contributed by atoms with Gasteiger partial charge in [-0.15, -0.1) is 0 Å². The van der Waals surface area contributed by atoms with Crippen LogP contribution in [0, 0.1) is 11.6 Å². The number of phenolic OH excluding ortho intramolecular Hbond substituents is 1. The molecule has 1 fully saturated rings. The van der Waals surface area contributed by atoms with Crippen LogP contribution in [-0.4, -0.2) is 46.4 Å². The van der Waals surface area contributed by atoms with Gasteiger partial charge < -0.3 is 14.9 Å². The first-order valence-corrected chi connectivity index (χ1v) is 8.66. The molecule has 1 saturated heterocycles. The molecule has 1 N–H and O–H groups in total. The van der Waals surface area contributed by atoms with Crippen LogP contribution in [0.1, 0.15) is 28.8 Å². The van der Waals surface area contributed by atoms with Crippen LogP contribution in [0.4, 0.5) is 8.78 Å². The lowest BCUT2D eigenvalue weighted by Gasteiger charge is -2.28. The van der Waals surface area contributed by atoms with Crippen LogP contribution < -0.4 is 0 Å². The Morgan fingerprint density at radius 3 is 2.63 bits per heavy atom. The monoisotopic (exact) mass is 374 g/mol. The number of halogens is 2. The van der Waals surface area contributed by atoms with Gasteiger partial charge in [-0.2, -0.15) is 0 Å². The second kappa shape index (κ2) is 7.73. The number of likely N-dealkylation sites (N-methyl/N-ethyl adjacent to an activating group) is 1. The Kier molecular flexibility index (Phi) is 5.39. The lowest BCUT2D eigenvalue weighted by Crippen LogP contribution is -2.46. The number of para-hydroxylation sites is 1. The standard InChI is InChI=1S/C20H20F2N2O3/c1-23(12-13-8-9-15(21)16(22)11-13)20(27)17-6-4-10-24(17)19(26)14-5-2-3-7-18(14)25/h2-3,5,7-9,11,17,25H,4,6,10,12H2,1H3/t17-/m0/s1. The van der Waals surface area contributed by atoms with E-state index in [-0.39, 0.29) is 23.8 Å². The molecule has 142 valence electrons. The highest BCUT2D eigenvalue weighted by Gasteiger charge is 2.36. The molecule has 3 rings (SSSR count). The molecule has 5 nitrogen and oxygen atoms in total. The Balaban J connectivity index is 1.73. The zero-order valence-corrected chi connectivity index (χ0v) is 14.9. The van der Waals surface area contributed by atoms with Crippen molar-refractivity contribution < 1.29 is 23.5 Å². The van der Waals surface area contributed by atoms with Crippen molar-refractivity contribution in [2.45, 2.75) is 25.4 Å². The average Bonchev–Trinajstić information content (AvgIpc) is 3.13. The van der Waals surface area contributed by atoms with E-state index in [0.29, 0.717) is 24.9 Å². The summed E-state index contributed by atoms with van der Waals surface area (Å²) in [5.74, 6) is -2.71. The minimum Gasteiger partial charge on any atom is -0.507 e. The number of hydrogen-bond acceptors (Lipinski definition) is 3. The fourth-order valence-corrected chi connectivity index (χ4v) is 3.32.